The van der Waals surface area contributed by atoms with E-state index in [-0.39, 0.29) is 11.8 Å². The molecule has 1 heterocycles. The molecule has 0 spiro atoms. The number of nitrogens with zero attached hydrogens (tertiary/aromatic N) is 2. The Morgan fingerprint density at radius 2 is 2.21 bits per heavy atom. The summed E-state index contributed by atoms with van der Waals surface area (Å²) in [6.07, 6.45) is 0.391. The molecule has 1 atom stereocenters. The van der Waals surface area contributed by atoms with Crippen molar-refractivity contribution in [1.29, 1.82) is 0 Å². The lowest BCUT2D eigenvalue weighted by atomic mass is 10.1. The lowest BCUT2D eigenvalue weighted by Crippen LogP contribution is -2.40. The highest BCUT2D eigenvalue weighted by atomic mass is 32.2. The van der Waals surface area contributed by atoms with Crippen molar-refractivity contribution < 1.29 is 17.9 Å². The van der Waals surface area contributed by atoms with Crippen molar-refractivity contribution in [1.82, 2.24) is 13.9 Å². The van der Waals surface area contributed by atoms with Gasteiger partial charge in [0.1, 0.15) is 0 Å². The van der Waals surface area contributed by atoms with Gasteiger partial charge in [0.25, 0.3) is 10.2 Å². The molecule has 8 heteroatoms. The fourth-order valence-electron chi connectivity index (χ4n) is 1.91. The van der Waals surface area contributed by atoms with Crippen LogP contribution < -0.4 is 4.72 Å². The average molecular weight is 293 g/mol. The topological polar surface area (TPSA) is 79.0 Å². The number of hydrogen-bond donors (Lipinski definition) is 1. The predicted octanol–water partition coefficient (Wildman–Crippen LogP) is -0.733. The fourth-order valence-corrected chi connectivity index (χ4v) is 2.92. The van der Waals surface area contributed by atoms with E-state index in [4.69, 9.17) is 4.74 Å². The minimum atomic E-state index is -3.42. The molecule has 7 nitrogen and oxygen atoms in total. The standard InChI is InChI=1S/C11H23N3O4S/c1-4-13(2)19(16,17)12-8-10-7-11(15)14(9-10)5-6-18-3/h10,12H,4-9H2,1-3H3. The van der Waals surface area contributed by atoms with Gasteiger partial charge in [-0.15, -0.1) is 0 Å². The Morgan fingerprint density at radius 1 is 1.53 bits per heavy atom. The molecule has 1 saturated heterocycles. The summed E-state index contributed by atoms with van der Waals surface area (Å²) in [5, 5.41) is 0. The Labute approximate surface area is 115 Å². The van der Waals surface area contributed by atoms with Crippen LogP contribution in [0.25, 0.3) is 0 Å². The summed E-state index contributed by atoms with van der Waals surface area (Å²) in [4.78, 5) is 13.4. The number of likely N-dealkylation sites (tertiary alicyclic amines) is 1. The van der Waals surface area contributed by atoms with Crippen LogP contribution in [0, 0.1) is 5.92 Å². The van der Waals surface area contributed by atoms with Gasteiger partial charge in [0.15, 0.2) is 0 Å². The van der Waals surface area contributed by atoms with Gasteiger partial charge in [0, 0.05) is 46.8 Å². The first-order chi connectivity index (χ1) is 8.90. The van der Waals surface area contributed by atoms with Crippen LogP contribution in [-0.4, -0.2) is 70.5 Å². The molecular weight excluding hydrogens is 270 g/mol. The van der Waals surface area contributed by atoms with Crippen molar-refractivity contribution in [3.63, 3.8) is 0 Å². The molecule has 1 rings (SSSR count). The van der Waals surface area contributed by atoms with E-state index in [0.717, 1.165) is 0 Å². The Morgan fingerprint density at radius 3 is 2.79 bits per heavy atom. The van der Waals surface area contributed by atoms with Crippen molar-refractivity contribution in [2.45, 2.75) is 13.3 Å². The summed E-state index contributed by atoms with van der Waals surface area (Å²) in [6.45, 7) is 4.13. The van der Waals surface area contributed by atoms with Crippen LogP contribution in [0.5, 0.6) is 0 Å². The zero-order valence-electron chi connectivity index (χ0n) is 11.8. The van der Waals surface area contributed by atoms with Gasteiger partial charge < -0.3 is 9.64 Å². The molecule has 0 bridgehead atoms. The summed E-state index contributed by atoms with van der Waals surface area (Å²) in [7, 11) is -0.310. The maximum absolute atomic E-state index is 11.7. The van der Waals surface area contributed by atoms with E-state index >= 15 is 0 Å². The fraction of sp³-hybridized carbons (Fsp3) is 0.909. The largest absolute Gasteiger partial charge is 0.383 e. The molecule has 0 saturated carbocycles. The minimum absolute atomic E-state index is 0.0318. The van der Waals surface area contributed by atoms with Crippen molar-refractivity contribution >= 4 is 16.1 Å². The van der Waals surface area contributed by atoms with E-state index in [2.05, 4.69) is 4.72 Å². The molecule has 0 aromatic rings. The summed E-state index contributed by atoms with van der Waals surface area (Å²) in [5.41, 5.74) is 0. The molecule has 0 radical (unpaired) electrons. The molecule has 1 fully saturated rings. The van der Waals surface area contributed by atoms with Crippen molar-refractivity contribution in [2.75, 3.05) is 46.9 Å². The van der Waals surface area contributed by atoms with Crippen LogP contribution in [0.3, 0.4) is 0 Å². The summed E-state index contributed by atoms with van der Waals surface area (Å²) in [6, 6.07) is 0. The molecule has 19 heavy (non-hydrogen) atoms. The molecule has 0 aromatic heterocycles. The van der Waals surface area contributed by atoms with Gasteiger partial charge in [-0.25, -0.2) is 4.72 Å². The second kappa shape index (κ2) is 7.18. The van der Waals surface area contributed by atoms with Crippen molar-refractivity contribution in [3.05, 3.63) is 0 Å². The van der Waals surface area contributed by atoms with Crippen molar-refractivity contribution in [3.8, 4) is 0 Å². The third-order valence-corrected chi connectivity index (χ3v) is 4.88. The maximum Gasteiger partial charge on any atom is 0.279 e. The van der Waals surface area contributed by atoms with E-state index in [1.165, 1.54) is 11.4 Å². The first kappa shape index (κ1) is 16.4. The number of carbonyl (C=O) groups is 1. The van der Waals surface area contributed by atoms with E-state index in [0.29, 0.717) is 39.2 Å². The second-order valence-corrected chi connectivity index (χ2v) is 6.53. The molecule has 1 aliphatic heterocycles. The summed E-state index contributed by atoms with van der Waals surface area (Å²) < 4.78 is 32.2. The zero-order valence-corrected chi connectivity index (χ0v) is 12.6. The van der Waals surface area contributed by atoms with Crippen LogP contribution in [-0.2, 0) is 19.7 Å². The van der Waals surface area contributed by atoms with E-state index in [1.807, 2.05) is 0 Å². The molecule has 1 aliphatic rings. The zero-order chi connectivity index (χ0) is 14.5. The van der Waals surface area contributed by atoms with Crippen LogP contribution >= 0.6 is 0 Å². The Kier molecular flexibility index (Phi) is 6.18. The van der Waals surface area contributed by atoms with Crippen LogP contribution in [0.15, 0.2) is 0 Å². The summed E-state index contributed by atoms with van der Waals surface area (Å²) in [5.74, 6) is 0.0921. The quantitative estimate of drug-likeness (QED) is 0.640. The summed E-state index contributed by atoms with van der Waals surface area (Å²) >= 11 is 0. The first-order valence-electron chi connectivity index (χ1n) is 6.38. The highest BCUT2D eigenvalue weighted by Crippen LogP contribution is 2.16. The number of methoxy groups -OCH3 is 1. The van der Waals surface area contributed by atoms with E-state index in [9.17, 15) is 13.2 Å². The van der Waals surface area contributed by atoms with Crippen LogP contribution in [0.2, 0.25) is 0 Å². The molecule has 0 aromatic carbocycles. The third kappa shape index (κ3) is 4.72. The second-order valence-electron chi connectivity index (χ2n) is 4.67. The lowest BCUT2D eigenvalue weighted by Gasteiger charge is -2.18. The molecule has 0 aliphatic carbocycles. The number of hydrogen-bond acceptors (Lipinski definition) is 4. The van der Waals surface area contributed by atoms with Gasteiger partial charge in [-0.2, -0.15) is 12.7 Å². The predicted molar refractivity (Wildman–Crippen MR) is 71.8 cm³/mol. The van der Waals surface area contributed by atoms with Gasteiger partial charge in [-0.05, 0) is 5.92 Å². The number of rotatable bonds is 8. The Bertz CT molecular complexity index is 399. The number of carbonyl (C=O) groups excluding carboxylic acids is 1. The highest BCUT2D eigenvalue weighted by molar-refractivity contribution is 7.87. The smallest absolute Gasteiger partial charge is 0.279 e. The lowest BCUT2D eigenvalue weighted by molar-refractivity contribution is -0.128. The minimum Gasteiger partial charge on any atom is -0.383 e. The van der Waals surface area contributed by atoms with Crippen LogP contribution in [0.4, 0.5) is 0 Å². The highest BCUT2D eigenvalue weighted by Gasteiger charge is 2.30. The van der Waals surface area contributed by atoms with Crippen molar-refractivity contribution in [2.24, 2.45) is 5.92 Å². The Hall–Kier alpha value is -0.700. The van der Waals surface area contributed by atoms with Crippen LogP contribution in [0.1, 0.15) is 13.3 Å². The maximum atomic E-state index is 11.7. The molecule has 112 valence electrons. The van der Waals surface area contributed by atoms with E-state index < -0.39 is 10.2 Å². The van der Waals surface area contributed by atoms with Gasteiger partial charge >= 0.3 is 0 Å². The van der Waals surface area contributed by atoms with E-state index in [1.54, 1.807) is 18.9 Å². The van der Waals surface area contributed by atoms with Gasteiger partial charge in [-0.1, -0.05) is 6.92 Å². The molecule has 1 amide bonds. The number of amides is 1. The van der Waals surface area contributed by atoms with Gasteiger partial charge in [0.05, 0.1) is 6.61 Å². The average Bonchev–Trinajstić information content (AvgIpc) is 2.73. The molecular formula is C11H23N3O4S. The van der Waals surface area contributed by atoms with Gasteiger partial charge in [0.2, 0.25) is 5.91 Å². The Balaban J connectivity index is 2.42. The number of ether oxygens (including phenoxy) is 1. The first-order valence-corrected chi connectivity index (χ1v) is 7.82. The number of nitrogens with one attached hydrogen (secondary N) is 1. The normalized spacial score (nSPS) is 20.5. The molecule has 1 N–H and O–H groups in total. The monoisotopic (exact) mass is 293 g/mol. The SMILES string of the molecule is CCN(C)S(=O)(=O)NCC1CC(=O)N(CCOC)C1. The van der Waals surface area contributed by atoms with Gasteiger partial charge in [-0.3, -0.25) is 4.79 Å². The third-order valence-electron chi connectivity index (χ3n) is 3.27. The molecule has 1 unspecified atom stereocenters.